The molecule has 3 rings (SSSR count). The van der Waals surface area contributed by atoms with Crippen LogP contribution in [0.4, 0.5) is 0 Å². The summed E-state index contributed by atoms with van der Waals surface area (Å²) in [6.45, 7) is 10.8. The van der Waals surface area contributed by atoms with Crippen LogP contribution in [-0.2, 0) is 12.0 Å². The van der Waals surface area contributed by atoms with Crippen LogP contribution in [0.2, 0.25) is 0 Å². The lowest BCUT2D eigenvalue weighted by Gasteiger charge is -2.34. The van der Waals surface area contributed by atoms with Crippen LogP contribution in [0.3, 0.4) is 0 Å². The molecular weight excluding hydrogens is 310 g/mol. The summed E-state index contributed by atoms with van der Waals surface area (Å²) in [7, 11) is 0. The van der Waals surface area contributed by atoms with Gasteiger partial charge in [-0.2, -0.15) is 0 Å². The van der Waals surface area contributed by atoms with Gasteiger partial charge in [0.1, 0.15) is 0 Å². The van der Waals surface area contributed by atoms with Gasteiger partial charge >= 0.3 is 0 Å². The zero-order valence-corrected chi connectivity index (χ0v) is 15.4. The maximum absolute atomic E-state index is 12.7. The summed E-state index contributed by atoms with van der Waals surface area (Å²) in [5.41, 5.74) is 3.37. The summed E-state index contributed by atoms with van der Waals surface area (Å²) in [5, 5.41) is 0. The van der Waals surface area contributed by atoms with Crippen LogP contribution in [0.5, 0.6) is 0 Å². The van der Waals surface area contributed by atoms with E-state index in [1.165, 1.54) is 11.1 Å². The smallest absolute Gasteiger partial charge is 0.253 e. The predicted molar refractivity (Wildman–Crippen MR) is 101 cm³/mol. The van der Waals surface area contributed by atoms with Crippen molar-refractivity contribution in [1.82, 2.24) is 14.8 Å². The molecule has 0 N–H and O–H groups in total. The molecule has 2 aromatic rings. The van der Waals surface area contributed by atoms with Crippen molar-refractivity contribution in [3.8, 4) is 0 Å². The Balaban J connectivity index is 1.56. The minimum absolute atomic E-state index is 0.111. The average Bonchev–Trinajstić information content (AvgIpc) is 2.62. The van der Waals surface area contributed by atoms with Crippen LogP contribution in [0.1, 0.15) is 42.3 Å². The Kier molecular flexibility index (Phi) is 5.19. The molecule has 1 aromatic carbocycles. The van der Waals surface area contributed by atoms with Crippen molar-refractivity contribution in [3.63, 3.8) is 0 Å². The quantitative estimate of drug-likeness (QED) is 0.862. The number of piperazine rings is 1. The van der Waals surface area contributed by atoms with E-state index < -0.39 is 0 Å². The number of aromatic nitrogens is 1. The first-order chi connectivity index (χ1) is 11.9. The lowest BCUT2D eigenvalue weighted by atomic mass is 9.86. The topological polar surface area (TPSA) is 36.4 Å². The van der Waals surface area contributed by atoms with Gasteiger partial charge in [-0.1, -0.05) is 39.0 Å². The van der Waals surface area contributed by atoms with Crippen molar-refractivity contribution in [3.05, 3.63) is 65.5 Å². The van der Waals surface area contributed by atoms with Gasteiger partial charge in [0.05, 0.1) is 0 Å². The van der Waals surface area contributed by atoms with Crippen molar-refractivity contribution < 1.29 is 4.79 Å². The minimum atomic E-state index is 0.111. The van der Waals surface area contributed by atoms with E-state index in [1.54, 1.807) is 6.20 Å². The molecule has 0 atom stereocenters. The second-order valence-electron chi connectivity index (χ2n) is 7.76. The number of carbonyl (C=O) groups is 1. The zero-order valence-electron chi connectivity index (χ0n) is 15.4. The van der Waals surface area contributed by atoms with E-state index in [4.69, 9.17) is 0 Å². The number of hydrogen-bond acceptors (Lipinski definition) is 3. The van der Waals surface area contributed by atoms with Crippen molar-refractivity contribution >= 4 is 5.91 Å². The highest BCUT2D eigenvalue weighted by Gasteiger charge is 2.22. The molecule has 1 fully saturated rings. The third-order valence-corrected chi connectivity index (χ3v) is 4.79. The first-order valence-corrected chi connectivity index (χ1v) is 8.94. The molecule has 0 radical (unpaired) electrons. The summed E-state index contributed by atoms with van der Waals surface area (Å²) in [4.78, 5) is 21.2. The standard InChI is InChI=1S/C21H27N3O/c1-21(2,3)19-8-6-18(7-9-19)20(25)24-13-11-23(12-14-24)16-17-5-4-10-22-15-17/h4-10,15H,11-14,16H2,1-3H3. The Morgan fingerprint density at radius 1 is 1.04 bits per heavy atom. The van der Waals surface area contributed by atoms with Crippen molar-refractivity contribution in [2.75, 3.05) is 26.2 Å². The highest BCUT2D eigenvalue weighted by molar-refractivity contribution is 5.94. The molecule has 1 saturated heterocycles. The van der Waals surface area contributed by atoms with Crippen molar-refractivity contribution in [2.45, 2.75) is 32.7 Å². The Hall–Kier alpha value is -2.20. The number of carbonyl (C=O) groups excluding carboxylic acids is 1. The number of benzene rings is 1. The Morgan fingerprint density at radius 2 is 1.72 bits per heavy atom. The van der Waals surface area contributed by atoms with Crippen LogP contribution >= 0.6 is 0 Å². The monoisotopic (exact) mass is 337 g/mol. The van der Waals surface area contributed by atoms with E-state index in [2.05, 4.69) is 48.9 Å². The predicted octanol–water partition coefficient (Wildman–Crippen LogP) is 3.34. The molecule has 0 aliphatic carbocycles. The largest absolute Gasteiger partial charge is 0.336 e. The molecular formula is C21H27N3O. The van der Waals surface area contributed by atoms with Gasteiger partial charge in [-0.15, -0.1) is 0 Å². The maximum atomic E-state index is 12.7. The summed E-state index contributed by atoms with van der Waals surface area (Å²) >= 11 is 0. The molecule has 4 heteroatoms. The van der Waals surface area contributed by atoms with Crippen LogP contribution in [0.15, 0.2) is 48.8 Å². The van der Waals surface area contributed by atoms with Crippen LogP contribution in [0, 0.1) is 0 Å². The number of hydrogen-bond donors (Lipinski definition) is 0. The van der Waals surface area contributed by atoms with E-state index in [-0.39, 0.29) is 11.3 Å². The first-order valence-electron chi connectivity index (χ1n) is 8.94. The van der Waals surface area contributed by atoms with Crippen LogP contribution in [-0.4, -0.2) is 46.9 Å². The molecule has 0 unspecified atom stereocenters. The summed E-state index contributed by atoms with van der Waals surface area (Å²) in [6.07, 6.45) is 3.71. The van der Waals surface area contributed by atoms with E-state index in [1.807, 2.05) is 29.3 Å². The molecule has 2 heterocycles. The molecule has 0 spiro atoms. The average molecular weight is 337 g/mol. The molecule has 4 nitrogen and oxygen atoms in total. The van der Waals surface area contributed by atoms with Crippen molar-refractivity contribution in [2.24, 2.45) is 0 Å². The van der Waals surface area contributed by atoms with E-state index in [0.717, 1.165) is 38.3 Å². The normalized spacial score (nSPS) is 16.0. The number of nitrogens with zero attached hydrogens (tertiary/aromatic N) is 3. The maximum Gasteiger partial charge on any atom is 0.253 e. The summed E-state index contributed by atoms with van der Waals surface area (Å²) in [6, 6.07) is 12.1. The molecule has 25 heavy (non-hydrogen) atoms. The molecule has 1 aliphatic heterocycles. The summed E-state index contributed by atoms with van der Waals surface area (Å²) < 4.78 is 0. The Labute approximate surface area is 150 Å². The Morgan fingerprint density at radius 3 is 2.28 bits per heavy atom. The molecule has 0 bridgehead atoms. The fourth-order valence-corrected chi connectivity index (χ4v) is 3.15. The lowest BCUT2D eigenvalue weighted by Crippen LogP contribution is -2.48. The molecule has 1 aromatic heterocycles. The number of amides is 1. The highest BCUT2D eigenvalue weighted by Crippen LogP contribution is 2.22. The van der Waals surface area contributed by atoms with Gasteiger partial charge in [-0.05, 0) is 34.7 Å². The van der Waals surface area contributed by atoms with Crippen molar-refractivity contribution in [1.29, 1.82) is 0 Å². The lowest BCUT2D eigenvalue weighted by molar-refractivity contribution is 0.0628. The van der Waals surface area contributed by atoms with Gasteiger partial charge in [0.15, 0.2) is 0 Å². The van der Waals surface area contributed by atoms with E-state index in [0.29, 0.717) is 0 Å². The molecule has 1 aliphatic rings. The SMILES string of the molecule is CC(C)(C)c1ccc(C(=O)N2CCN(Cc3cccnc3)CC2)cc1. The van der Waals surface area contributed by atoms with Gasteiger partial charge in [-0.3, -0.25) is 14.7 Å². The fraction of sp³-hybridized carbons (Fsp3) is 0.429. The Bertz CT molecular complexity index is 696. The van der Waals surface area contributed by atoms with Gasteiger partial charge in [-0.25, -0.2) is 0 Å². The minimum Gasteiger partial charge on any atom is -0.336 e. The van der Waals surface area contributed by atoms with E-state index >= 15 is 0 Å². The fourth-order valence-electron chi connectivity index (χ4n) is 3.15. The second-order valence-corrected chi connectivity index (χ2v) is 7.76. The first kappa shape index (κ1) is 17.6. The number of rotatable bonds is 3. The number of pyridine rings is 1. The van der Waals surface area contributed by atoms with Gasteiger partial charge in [0.25, 0.3) is 5.91 Å². The summed E-state index contributed by atoms with van der Waals surface area (Å²) in [5.74, 6) is 0.140. The van der Waals surface area contributed by atoms with Gasteiger partial charge in [0.2, 0.25) is 0 Å². The third-order valence-electron chi connectivity index (χ3n) is 4.79. The third kappa shape index (κ3) is 4.45. The molecule has 1 amide bonds. The second kappa shape index (κ2) is 7.36. The van der Waals surface area contributed by atoms with E-state index in [9.17, 15) is 4.79 Å². The zero-order chi connectivity index (χ0) is 17.9. The highest BCUT2D eigenvalue weighted by atomic mass is 16.2. The van der Waals surface area contributed by atoms with Gasteiger partial charge < -0.3 is 4.90 Å². The van der Waals surface area contributed by atoms with Gasteiger partial charge in [0, 0.05) is 50.7 Å². The van der Waals surface area contributed by atoms with Crippen LogP contribution < -0.4 is 0 Å². The van der Waals surface area contributed by atoms with Crippen LogP contribution in [0.25, 0.3) is 0 Å². The molecule has 0 saturated carbocycles. The molecule has 132 valence electrons.